The van der Waals surface area contributed by atoms with E-state index in [1.807, 2.05) is 30.0 Å². The van der Waals surface area contributed by atoms with Gasteiger partial charge in [-0.05, 0) is 31.4 Å². The first-order chi connectivity index (χ1) is 8.22. The molecule has 1 aliphatic carbocycles. The van der Waals surface area contributed by atoms with Gasteiger partial charge in [0.25, 0.3) is 0 Å². The number of nitrogens with zero attached hydrogens (tertiary/aromatic N) is 2. The van der Waals surface area contributed by atoms with E-state index in [-0.39, 0.29) is 11.8 Å². The summed E-state index contributed by atoms with van der Waals surface area (Å²) in [6.45, 7) is 4.74. The van der Waals surface area contributed by atoms with Gasteiger partial charge in [0.15, 0.2) is 0 Å². The molecule has 1 aromatic rings. The SMILES string of the molecule is CC[C@H](C)C(=O)N(Cc1ccccn1)C1CC1. The first-order valence-electron chi connectivity index (χ1n) is 6.42. The van der Waals surface area contributed by atoms with E-state index in [0.29, 0.717) is 12.6 Å². The number of pyridine rings is 1. The molecule has 0 spiro atoms. The summed E-state index contributed by atoms with van der Waals surface area (Å²) < 4.78 is 0. The summed E-state index contributed by atoms with van der Waals surface area (Å²) in [6, 6.07) is 6.32. The summed E-state index contributed by atoms with van der Waals surface area (Å²) in [7, 11) is 0. The van der Waals surface area contributed by atoms with E-state index in [9.17, 15) is 4.79 Å². The second-order valence-corrected chi connectivity index (χ2v) is 4.83. The Morgan fingerprint density at radius 2 is 2.29 bits per heavy atom. The van der Waals surface area contributed by atoms with Crippen LogP contribution >= 0.6 is 0 Å². The largest absolute Gasteiger partial charge is 0.334 e. The topological polar surface area (TPSA) is 33.2 Å². The van der Waals surface area contributed by atoms with Crippen molar-refractivity contribution in [3.63, 3.8) is 0 Å². The molecule has 1 heterocycles. The molecule has 0 aliphatic heterocycles. The predicted molar refractivity (Wildman–Crippen MR) is 67.3 cm³/mol. The van der Waals surface area contributed by atoms with Gasteiger partial charge in [0, 0.05) is 18.2 Å². The second kappa shape index (κ2) is 5.30. The van der Waals surface area contributed by atoms with Crippen LogP contribution in [0, 0.1) is 5.92 Å². The molecule has 0 aromatic carbocycles. The van der Waals surface area contributed by atoms with Gasteiger partial charge in [-0.25, -0.2) is 0 Å². The van der Waals surface area contributed by atoms with Crippen molar-refractivity contribution >= 4 is 5.91 Å². The van der Waals surface area contributed by atoms with Gasteiger partial charge < -0.3 is 4.90 Å². The van der Waals surface area contributed by atoms with E-state index >= 15 is 0 Å². The van der Waals surface area contributed by atoms with Crippen molar-refractivity contribution in [2.45, 2.75) is 45.7 Å². The van der Waals surface area contributed by atoms with Crippen molar-refractivity contribution in [2.24, 2.45) is 5.92 Å². The standard InChI is InChI=1S/C14H20N2O/c1-3-11(2)14(17)16(13-7-8-13)10-12-6-4-5-9-15-12/h4-6,9,11,13H,3,7-8,10H2,1-2H3/t11-/m0/s1. The molecular weight excluding hydrogens is 212 g/mol. The zero-order chi connectivity index (χ0) is 12.3. The number of hydrogen-bond donors (Lipinski definition) is 0. The van der Waals surface area contributed by atoms with Gasteiger partial charge in [0.1, 0.15) is 0 Å². The maximum Gasteiger partial charge on any atom is 0.225 e. The van der Waals surface area contributed by atoms with Gasteiger partial charge in [-0.2, -0.15) is 0 Å². The highest BCUT2D eigenvalue weighted by atomic mass is 16.2. The zero-order valence-corrected chi connectivity index (χ0v) is 10.6. The molecule has 92 valence electrons. The van der Waals surface area contributed by atoms with Crippen molar-refractivity contribution < 1.29 is 4.79 Å². The molecule has 1 aromatic heterocycles. The molecule has 3 nitrogen and oxygen atoms in total. The minimum absolute atomic E-state index is 0.124. The molecule has 1 atom stereocenters. The number of carbonyl (C=O) groups is 1. The molecule has 0 unspecified atom stereocenters. The molecular formula is C14H20N2O. The molecule has 0 saturated heterocycles. The molecule has 2 rings (SSSR count). The van der Waals surface area contributed by atoms with Crippen LogP contribution < -0.4 is 0 Å². The van der Waals surface area contributed by atoms with Crippen molar-refractivity contribution in [1.29, 1.82) is 0 Å². The highest BCUT2D eigenvalue weighted by molar-refractivity contribution is 5.79. The minimum atomic E-state index is 0.124. The average Bonchev–Trinajstić information content (AvgIpc) is 3.19. The molecule has 0 radical (unpaired) electrons. The summed E-state index contributed by atoms with van der Waals surface area (Å²) in [4.78, 5) is 18.6. The van der Waals surface area contributed by atoms with Crippen LogP contribution in [0.25, 0.3) is 0 Å². The van der Waals surface area contributed by atoms with Crippen LogP contribution in [0.15, 0.2) is 24.4 Å². The van der Waals surface area contributed by atoms with E-state index < -0.39 is 0 Å². The van der Waals surface area contributed by atoms with Crippen molar-refractivity contribution in [2.75, 3.05) is 0 Å². The molecule has 1 saturated carbocycles. The van der Waals surface area contributed by atoms with Crippen LogP contribution in [0.5, 0.6) is 0 Å². The summed E-state index contributed by atoms with van der Waals surface area (Å²) in [6.07, 6.45) is 4.99. The van der Waals surface area contributed by atoms with Gasteiger partial charge in [0.2, 0.25) is 5.91 Å². The Morgan fingerprint density at radius 1 is 1.53 bits per heavy atom. The highest BCUT2D eigenvalue weighted by Gasteiger charge is 2.34. The van der Waals surface area contributed by atoms with Gasteiger partial charge >= 0.3 is 0 Å². The van der Waals surface area contributed by atoms with Crippen LogP contribution in [0.1, 0.15) is 38.8 Å². The first kappa shape index (κ1) is 12.1. The monoisotopic (exact) mass is 232 g/mol. The van der Waals surface area contributed by atoms with Crippen LogP contribution in [-0.2, 0) is 11.3 Å². The lowest BCUT2D eigenvalue weighted by Gasteiger charge is -2.25. The van der Waals surface area contributed by atoms with Crippen LogP contribution in [0.4, 0.5) is 0 Å². The van der Waals surface area contributed by atoms with Crippen molar-refractivity contribution in [1.82, 2.24) is 9.88 Å². The number of rotatable bonds is 5. The Balaban J connectivity index is 2.05. The fourth-order valence-electron chi connectivity index (χ4n) is 1.90. The van der Waals surface area contributed by atoms with Crippen molar-refractivity contribution in [3.8, 4) is 0 Å². The molecule has 3 heteroatoms. The normalized spacial score (nSPS) is 16.6. The van der Waals surface area contributed by atoms with Gasteiger partial charge in [-0.1, -0.05) is 19.9 Å². The minimum Gasteiger partial charge on any atom is -0.334 e. The van der Waals surface area contributed by atoms with Gasteiger partial charge in [-0.3, -0.25) is 9.78 Å². The molecule has 1 aliphatic rings. The fraction of sp³-hybridized carbons (Fsp3) is 0.571. The zero-order valence-electron chi connectivity index (χ0n) is 10.6. The Hall–Kier alpha value is -1.38. The lowest BCUT2D eigenvalue weighted by atomic mass is 10.1. The molecule has 1 amide bonds. The number of carbonyl (C=O) groups excluding carboxylic acids is 1. The Bertz CT molecular complexity index is 373. The van der Waals surface area contributed by atoms with Crippen LogP contribution in [0.2, 0.25) is 0 Å². The number of aromatic nitrogens is 1. The third-order valence-corrected chi connectivity index (χ3v) is 3.36. The summed E-state index contributed by atoms with van der Waals surface area (Å²) in [5.74, 6) is 0.403. The molecule has 17 heavy (non-hydrogen) atoms. The van der Waals surface area contributed by atoms with Gasteiger partial charge in [0.05, 0.1) is 12.2 Å². The van der Waals surface area contributed by atoms with E-state index in [1.165, 1.54) is 0 Å². The van der Waals surface area contributed by atoms with E-state index in [0.717, 1.165) is 25.0 Å². The smallest absolute Gasteiger partial charge is 0.225 e. The second-order valence-electron chi connectivity index (χ2n) is 4.83. The van der Waals surface area contributed by atoms with Crippen LogP contribution in [0.3, 0.4) is 0 Å². The molecule has 1 fully saturated rings. The maximum absolute atomic E-state index is 12.3. The molecule has 0 N–H and O–H groups in total. The van der Waals surface area contributed by atoms with Crippen molar-refractivity contribution in [3.05, 3.63) is 30.1 Å². The Morgan fingerprint density at radius 3 is 2.82 bits per heavy atom. The van der Waals surface area contributed by atoms with Gasteiger partial charge in [-0.15, -0.1) is 0 Å². The summed E-state index contributed by atoms with van der Waals surface area (Å²) in [5.41, 5.74) is 0.982. The van der Waals surface area contributed by atoms with Crippen LogP contribution in [-0.4, -0.2) is 21.8 Å². The average molecular weight is 232 g/mol. The maximum atomic E-state index is 12.3. The third kappa shape index (κ3) is 3.05. The number of amides is 1. The van der Waals surface area contributed by atoms with E-state index in [4.69, 9.17) is 0 Å². The predicted octanol–water partition coefficient (Wildman–Crippen LogP) is 2.62. The first-order valence-corrected chi connectivity index (χ1v) is 6.42. The third-order valence-electron chi connectivity index (χ3n) is 3.36. The Kier molecular flexibility index (Phi) is 3.77. The lowest BCUT2D eigenvalue weighted by Crippen LogP contribution is -2.36. The summed E-state index contributed by atoms with van der Waals surface area (Å²) in [5, 5.41) is 0. The fourth-order valence-corrected chi connectivity index (χ4v) is 1.90. The Labute approximate surface area is 103 Å². The quantitative estimate of drug-likeness (QED) is 0.782. The lowest BCUT2D eigenvalue weighted by molar-refractivity contribution is -0.136. The van der Waals surface area contributed by atoms with E-state index in [1.54, 1.807) is 6.20 Å². The summed E-state index contributed by atoms with van der Waals surface area (Å²) >= 11 is 0. The van der Waals surface area contributed by atoms with E-state index in [2.05, 4.69) is 11.9 Å². The molecule has 0 bridgehead atoms. The number of hydrogen-bond acceptors (Lipinski definition) is 2. The highest BCUT2D eigenvalue weighted by Crippen LogP contribution is 2.29.